The second-order valence-electron chi connectivity index (χ2n) is 5.92. The van der Waals surface area contributed by atoms with Crippen LogP contribution in [0, 0.1) is 5.82 Å². The molecule has 2 aromatic carbocycles. The summed E-state index contributed by atoms with van der Waals surface area (Å²) in [5.41, 5.74) is 1.35. The zero-order chi connectivity index (χ0) is 19.4. The predicted octanol–water partition coefficient (Wildman–Crippen LogP) is 3.60. The average Bonchev–Trinajstić information content (AvgIpc) is 2.65. The topological polar surface area (TPSA) is 71.0 Å². The van der Waals surface area contributed by atoms with E-state index in [-0.39, 0.29) is 36.8 Å². The predicted molar refractivity (Wildman–Crippen MR) is 100 cm³/mol. The maximum Gasteiger partial charge on any atom is 0.271 e. The van der Waals surface area contributed by atoms with Gasteiger partial charge in [-0.25, -0.2) is 9.40 Å². The average molecular weight is 390 g/mol. The zero-order valence-corrected chi connectivity index (χ0v) is 15.3. The highest BCUT2D eigenvalue weighted by Crippen LogP contribution is 2.28. The molecule has 0 radical (unpaired) electrons. The summed E-state index contributed by atoms with van der Waals surface area (Å²) in [7, 11) is 1.49. The first-order chi connectivity index (χ1) is 13.0. The molecule has 0 aromatic heterocycles. The van der Waals surface area contributed by atoms with Crippen LogP contribution in [-0.2, 0) is 16.1 Å². The normalized spacial score (nSPS) is 14.0. The van der Waals surface area contributed by atoms with E-state index in [1.54, 1.807) is 30.3 Å². The Morgan fingerprint density at radius 2 is 2.00 bits per heavy atom. The summed E-state index contributed by atoms with van der Waals surface area (Å²) in [6, 6.07) is 10.6. The van der Waals surface area contributed by atoms with Crippen LogP contribution in [0.15, 0.2) is 47.6 Å². The summed E-state index contributed by atoms with van der Waals surface area (Å²) in [4.78, 5) is 24.7. The molecule has 2 aromatic rings. The number of ether oxygens (including phenoxy) is 1. The lowest BCUT2D eigenvalue weighted by Crippen LogP contribution is -2.36. The minimum atomic E-state index is -0.438. The standard InChI is InChI=1S/C19H17ClFN3O3/c1-27-17-8-4-13(20)10-16(17)22-19(26)15-7-9-18(25)24(23-15)11-12-2-5-14(21)6-3-12/h2-6,8,10H,7,9,11H2,1H3,(H,22,26). The van der Waals surface area contributed by atoms with E-state index in [1.165, 1.54) is 24.3 Å². The van der Waals surface area contributed by atoms with E-state index in [0.29, 0.717) is 22.0 Å². The van der Waals surface area contributed by atoms with Crippen molar-refractivity contribution in [2.24, 2.45) is 5.10 Å². The third-order valence-electron chi connectivity index (χ3n) is 4.02. The molecule has 0 spiro atoms. The number of nitrogens with zero attached hydrogens (tertiary/aromatic N) is 2. The molecule has 0 saturated carbocycles. The summed E-state index contributed by atoms with van der Waals surface area (Å²) in [5, 5.41) is 8.56. The molecule has 1 aliphatic heterocycles. The zero-order valence-electron chi connectivity index (χ0n) is 14.5. The van der Waals surface area contributed by atoms with E-state index in [1.807, 2.05) is 0 Å². The second kappa shape index (κ2) is 8.18. The molecule has 8 heteroatoms. The third-order valence-corrected chi connectivity index (χ3v) is 4.26. The van der Waals surface area contributed by atoms with E-state index >= 15 is 0 Å². The lowest BCUT2D eigenvalue weighted by atomic mass is 10.1. The van der Waals surface area contributed by atoms with Gasteiger partial charge in [-0.1, -0.05) is 23.7 Å². The summed E-state index contributed by atoms with van der Waals surface area (Å²) in [6.07, 6.45) is 0.396. The number of halogens is 2. The Morgan fingerprint density at radius 1 is 1.26 bits per heavy atom. The summed E-state index contributed by atoms with van der Waals surface area (Å²) in [5.74, 6) is -0.533. The lowest BCUT2D eigenvalue weighted by molar-refractivity contribution is -0.132. The molecule has 0 aliphatic carbocycles. The van der Waals surface area contributed by atoms with Crippen LogP contribution in [-0.4, -0.2) is 29.6 Å². The van der Waals surface area contributed by atoms with Crippen LogP contribution in [0.25, 0.3) is 0 Å². The molecule has 3 rings (SSSR count). The molecule has 1 heterocycles. The van der Waals surface area contributed by atoms with Crippen LogP contribution in [0.4, 0.5) is 10.1 Å². The number of carbonyl (C=O) groups excluding carboxylic acids is 2. The minimum Gasteiger partial charge on any atom is -0.495 e. The summed E-state index contributed by atoms with van der Waals surface area (Å²) < 4.78 is 18.2. The van der Waals surface area contributed by atoms with Crippen LogP contribution in [0.3, 0.4) is 0 Å². The van der Waals surface area contributed by atoms with Gasteiger partial charge in [-0.05, 0) is 35.9 Å². The smallest absolute Gasteiger partial charge is 0.271 e. The molecular formula is C19H17ClFN3O3. The fourth-order valence-corrected chi connectivity index (χ4v) is 2.80. The van der Waals surface area contributed by atoms with Crippen molar-refractivity contribution < 1.29 is 18.7 Å². The van der Waals surface area contributed by atoms with E-state index < -0.39 is 5.91 Å². The first kappa shape index (κ1) is 18.8. The number of amides is 2. The highest BCUT2D eigenvalue weighted by molar-refractivity contribution is 6.43. The number of methoxy groups -OCH3 is 1. The number of carbonyl (C=O) groups is 2. The van der Waals surface area contributed by atoms with Crippen molar-refractivity contribution in [2.75, 3.05) is 12.4 Å². The Balaban J connectivity index is 1.77. The Kier molecular flexibility index (Phi) is 5.71. The van der Waals surface area contributed by atoms with Gasteiger partial charge in [0, 0.05) is 17.9 Å². The summed E-state index contributed by atoms with van der Waals surface area (Å²) in [6.45, 7) is 0.163. The number of hydrogen-bond acceptors (Lipinski definition) is 4. The van der Waals surface area contributed by atoms with Gasteiger partial charge in [-0.2, -0.15) is 5.10 Å². The van der Waals surface area contributed by atoms with Crippen molar-refractivity contribution in [3.63, 3.8) is 0 Å². The first-order valence-corrected chi connectivity index (χ1v) is 8.61. The molecule has 0 atom stereocenters. The van der Waals surface area contributed by atoms with Gasteiger partial charge in [-0.15, -0.1) is 0 Å². The van der Waals surface area contributed by atoms with Gasteiger partial charge in [0.2, 0.25) is 5.91 Å². The van der Waals surface area contributed by atoms with Crippen molar-refractivity contribution in [2.45, 2.75) is 19.4 Å². The van der Waals surface area contributed by atoms with Crippen molar-refractivity contribution in [3.8, 4) is 5.75 Å². The molecular weight excluding hydrogens is 373 g/mol. The number of benzene rings is 2. The number of hydrogen-bond donors (Lipinski definition) is 1. The van der Waals surface area contributed by atoms with Crippen LogP contribution >= 0.6 is 11.6 Å². The highest BCUT2D eigenvalue weighted by atomic mass is 35.5. The minimum absolute atomic E-state index is 0.163. The summed E-state index contributed by atoms with van der Waals surface area (Å²) >= 11 is 5.97. The number of anilines is 1. The van der Waals surface area contributed by atoms with Crippen molar-refractivity contribution in [1.29, 1.82) is 0 Å². The van der Waals surface area contributed by atoms with E-state index in [2.05, 4.69) is 10.4 Å². The highest BCUT2D eigenvalue weighted by Gasteiger charge is 2.25. The van der Waals surface area contributed by atoms with Crippen LogP contribution < -0.4 is 10.1 Å². The van der Waals surface area contributed by atoms with E-state index in [4.69, 9.17) is 16.3 Å². The van der Waals surface area contributed by atoms with Gasteiger partial charge in [-0.3, -0.25) is 9.59 Å². The number of nitrogens with one attached hydrogen (secondary N) is 1. The van der Waals surface area contributed by atoms with Gasteiger partial charge >= 0.3 is 0 Å². The maximum absolute atomic E-state index is 13.0. The second-order valence-corrected chi connectivity index (χ2v) is 6.36. The van der Waals surface area contributed by atoms with Gasteiger partial charge in [0.1, 0.15) is 17.3 Å². The van der Waals surface area contributed by atoms with Crippen molar-refractivity contribution in [3.05, 3.63) is 58.9 Å². The SMILES string of the molecule is COc1ccc(Cl)cc1NC(=O)C1=NN(Cc2ccc(F)cc2)C(=O)CC1. The van der Waals surface area contributed by atoms with Gasteiger partial charge < -0.3 is 10.1 Å². The Morgan fingerprint density at radius 3 is 2.70 bits per heavy atom. The van der Waals surface area contributed by atoms with E-state index in [9.17, 15) is 14.0 Å². The first-order valence-electron chi connectivity index (χ1n) is 8.23. The number of hydrazone groups is 1. The fourth-order valence-electron chi connectivity index (χ4n) is 2.62. The molecule has 27 heavy (non-hydrogen) atoms. The molecule has 2 amide bonds. The van der Waals surface area contributed by atoms with Gasteiger partial charge in [0.15, 0.2) is 0 Å². The largest absolute Gasteiger partial charge is 0.495 e. The molecule has 0 unspecified atom stereocenters. The molecule has 1 N–H and O–H groups in total. The molecule has 6 nitrogen and oxygen atoms in total. The molecule has 0 fully saturated rings. The van der Waals surface area contributed by atoms with Crippen LogP contribution in [0.1, 0.15) is 18.4 Å². The van der Waals surface area contributed by atoms with E-state index in [0.717, 1.165) is 0 Å². The van der Waals surface area contributed by atoms with Crippen molar-refractivity contribution >= 4 is 34.8 Å². The number of rotatable bonds is 5. The molecule has 0 saturated heterocycles. The van der Waals surface area contributed by atoms with Crippen LogP contribution in [0.2, 0.25) is 5.02 Å². The Labute approximate surface area is 160 Å². The van der Waals surface area contributed by atoms with Crippen LogP contribution in [0.5, 0.6) is 5.75 Å². The maximum atomic E-state index is 13.0. The Bertz CT molecular complexity index is 900. The third kappa shape index (κ3) is 4.62. The van der Waals surface area contributed by atoms with Crippen molar-refractivity contribution in [1.82, 2.24) is 5.01 Å². The molecule has 0 bridgehead atoms. The Hall–Kier alpha value is -2.93. The fraction of sp³-hybridized carbons (Fsp3) is 0.211. The lowest BCUT2D eigenvalue weighted by Gasteiger charge is -2.23. The quantitative estimate of drug-likeness (QED) is 0.849. The van der Waals surface area contributed by atoms with Gasteiger partial charge in [0.05, 0.1) is 19.3 Å². The monoisotopic (exact) mass is 389 g/mol. The molecule has 140 valence electrons. The van der Waals surface area contributed by atoms with Gasteiger partial charge in [0.25, 0.3) is 5.91 Å². The molecule has 1 aliphatic rings.